The molecule has 27 heavy (non-hydrogen) atoms. The topological polar surface area (TPSA) is 75.2 Å². The van der Waals surface area contributed by atoms with E-state index in [4.69, 9.17) is 20.2 Å². The van der Waals surface area contributed by atoms with Gasteiger partial charge in [0.2, 0.25) is 0 Å². The van der Waals surface area contributed by atoms with Crippen LogP contribution < -0.4 is 10.5 Å². The summed E-state index contributed by atoms with van der Waals surface area (Å²) < 4.78 is 26.8. The molecule has 1 saturated carbocycles. The van der Waals surface area contributed by atoms with E-state index in [-0.39, 0.29) is 30.5 Å². The normalized spacial score (nSPS) is 22.7. The molecule has 1 heterocycles. The Labute approximate surface area is 159 Å². The molecule has 2 N–H and O–H groups in total. The van der Waals surface area contributed by atoms with E-state index in [0.717, 1.165) is 44.7 Å². The van der Waals surface area contributed by atoms with Gasteiger partial charge in [-0.3, -0.25) is 0 Å². The lowest BCUT2D eigenvalue weighted by atomic mass is 9.83. The van der Waals surface area contributed by atoms with Crippen LogP contribution in [-0.4, -0.2) is 33.5 Å². The number of benzene rings is 1. The number of aryl methyl sites for hydroxylation is 1. The molecular weight excluding hydrogens is 347 g/mol. The first-order valence-corrected chi connectivity index (χ1v) is 9.79. The highest BCUT2D eigenvalue weighted by atomic mass is 19.1. The van der Waals surface area contributed by atoms with Gasteiger partial charge >= 0.3 is 0 Å². The van der Waals surface area contributed by atoms with Crippen LogP contribution in [-0.2, 0) is 17.9 Å². The van der Waals surface area contributed by atoms with E-state index in [1.165, 1.54) is 12.1 Å². The summed E-state index contributed by atoms with van der Waals surface area (Å²) in [5.74, 6) is 2.00. The minimum absolute atomic E-state index is 0.0673. The van der Waals surface area contributed by atoms with Gasteiger partial charge in [0.05, 0.1) is 6.10 Å². The van der Waals surface area contributed by atoms with E-state index >= 15 is 0 Å². The van der Waals surface area contributed by atoms with Crippen molar-refractivity contribution in [3.8, 4) is 5.75 Å². The van der Waals surface area contributed by atoms with E-state index in [9.17, 15) is 4.39 Å². The van der Waals surface area contributed by atoms with Gasteiger partial charge in [-0.25, -0.2) is 14.1 Å². The van der Waals surface area contributed by atoms with E-state index in [0.29, 0.717) is 11.6 Å². The average molecular weight is 376 g/mol. The van der Waals surface area contributed by atoms with Gasteiger partial charge in [-0.05, 0) is 44.7 Å². The summed E-state index contributed by atoms with van der Waals surface area (Å²) in [4.78, 5) is 4.72. The lowest BCUT2D eigenvalue weighted by molar-refractivity contribution is 0.00863. The van der Waals surface area contributed by atoms with E-state index in [1.54, 1.807) is 12.1 Å². The van der Waals surface area contributed by atoms with Crippen molar-refractivity contribution in [1.82, 2.24) is 14.8 Å². The number of hydrogen-bond acceptors (Lipinski definition) is 5. The molecule has 0 unspecified atom stereocenters. The van der Waals surface area contributed by atoms with Crippen LogP contribution in [0.15, 0.2) is 24.3 Å². The van der Waals surface area contributed by atoms with E-state index < -0.39 is 0 Å². The lowest BCUT2D eigenvalue weighted by Crippen LogP contribution is -2.42. The standard InChI is InChI=1S/C20H29FN4O2/c1-3-10-26-18-11-14(8-9-17(18)22)20-23-19(24-25(20)4-2)13-27-16-7-5-6-15(21)12-16/h5-7,12,14,17-18H,3-4,8-11,13,22H2,1-2H3/t14-,17+,18+/m0/s1. The molecule has 0 amide bonds. The number of nitrogens with zero attached hydrogens (tertiary/aromatic N) is 3. The molecule has 0 radical (unpaired) electrons. The third-order valence-corrected chi connectivity index (χ3v) is 4.95. The molecule has 1 fully saturated rings. The number of nitrogens with two attached hydrogens (primary N) is 1. The second kappa shape index (κ2) is 9.28. The van der Waals surface area contributed by atoms with Crippen LogP contribution in [0.1, 0.15) is 57.1 Å². The van der Waals surface area contributed by atoms with E-state index in [2.05, 4.69) is 18.9 Å². The van der Waals surface area contributed by atoms with Crippen molar-refractivity contribution in [2.45, 2.75) is 70.7 Å². The molecule has 148 valence electrons. The molecule has 1 aromatic heterocycles. The molecule has 3 atom stereocenters. The van der Waals surface area contributed by atoms with Crippen LogP contribution in [0.3, 0.4) is 0 Å². The van der Waals surface area contributed by atoms with E-state index in [1.807, 2.05) is 4.68 Å². The van der Waals surface area contributed by atoms with Crippen molar-refractivity contribution >= 4 is 0 Å². The van der Waals surface area contributed by atoms with Crippen molar-refractivity contribution in [2.24, 2.45) is 5.73 Å². The number of halogens is 1. The van der Waals surface area contributed by atoms with Crippen molar-refractivity contribution < 1.29 is 13.9 Å². The average Bonchev–Trinajstić information content (AvgIpc) is 3.09. The zero-order valence-electron chi connectivity index (χ0n) is 16.1. The molecule has 7 heteroatoms. The number of rotatable bonds is 8. The van der Waals surface area contributed by atoms with Crippen LogP contribution in [0.4, 0.5) is 4.39 Å². The molecule has 1 aromatic carbocycles. The SMILES string of the molecule is CCCO[C@@H]1C[C@@H](c2nc(COc3cccc(F)c3)nn2CC)CC[C@H]1N. The predicted octanol–water partition coefficient (Wildman–Crippen LogP) is 3.41. The molecule has 0 bridgehead atoms. The van der Waals surface area contributed by atoms with Crippen molar-refractivity contribution in [3.63, 3.8) is 0 Å². The molecule has 6 nitrogen and oxygen atoms in total. The van der Waals surface area contributed by atoms with Gasteiger partial charge in [-0.15, -0.1) is 0 Å². The summed E-state index contributed by atoms with van der Waals surface area (Å²) in [6, 6.07) is 6.17. The monoisotopic (exact) mass is 376 g/mol. The third kappa shape index (κ3) is 5.05. The highest BCUT2D eigenvalue weighted by molar-refractivity contribution is 5.22. The van der Waals surface area contributed by atoms with Crippen molar-refractivity contribution in [2.75, 3.05) is 6.61 Å². The molecule has 1 aliphatic carbocycles. The zero-order chi connectivity index (χ0) is 19.2. The van der Waals surface area contributed by atoms with Gasteiger partial charge in [0.15, 0.2) is 5.82 Å². The van der Waals surface area contributed by atoms with Gasteiger partial charge in [0.25, 0.3) is 0 Å². The Hall–Kier alpha value is -1.99. The molecule has 0 saturated heterocycles. The molecule has 1 aliphatic rings. The fourth-order valence-electron chi connectivity index (χ4n) is 3.55. The highest BCUT2D eigenvalue weighted by Gasteiger charge is 2.32. The molecular formula is C20H29FN4O2. The zero-order valence-corrected chi connectivity index (χ0v) is 16.1. The van der Waals surface area contributed by atoms with Gasteiger partial charge < -0.3 is 15.2 Å². The Morgan fingerprint density at radius 1 is 1.30 bits per heavy atom. The number of aromatic nitrogens is 3. The quantitative estimate of drug-likeness (QED) is 0.764. The second-order valence-electron chi connectivity index (χ2n) is 7.03. The Bertz CT molecular complexity index is 737. The van der Waals surface area contributed by atoms with Crippen LogP contribution >= 0.6 is 0 Å². The van der Waals surface area contributed by atoms with Gasteiger partial charge in [0, 0.05) is 31.2 Å². The third-order valence-electron chi connectivity index (χ3n) is 4.95. The molecule has 3 rings (SSSR count). The summed E-state index contributed by atoms with van der Waals surface area (Å²) in [6.07, 6.45) is 3.82. The molecule has 2 aromatic rings. The first-order valence-electron chi connectivity index (χ1n) is 9.79. The lowest BCUT2D eigenvalue weighted by Gasteiger charge is -2.33. The highest BCUT2D eigenvalue weighted by Crippen LogP contribution is 2.33. The summed E-state index contributed by atoms with van der Waals surface area (Å²) in [5.41, 5.74) is 6.24. The minimum Gasteiger partial charge on any atom is -0.485 e. The Balaban J connectivity index is 1.68. The summed E-state index contributed by atoms with van der Waals surface area (Å²) in [5, 5.41) is 4.56. The van der Waals surface area contributed by atoms with Crippen LogP contribution in [0.2, 0.25) is 0 Å². The maximum absolute atomic E-state index is 13.3. The Morgan fingerprint density at radius 3 is 2.89 bits per heavy atom. The summed E-state index contributed by atoms with van der Waals surface area (Å²) >= 11 is 0. The van der Waals surface area contributed by atoms with Crippen LogP contribution in [0.5, 0.6) is 5.75 Å². The van der Waals surface area contributed by atoms with Gasteiger partial charge in [0.1, 0.15) is 24.0 Å². The smallest absolute Gasteiger partial charge is 0.188 e. The summed E-state index contributed by atoms with van der Waals surface area (Å²) in [7, 11) is 0. The predicted molar refractivity (Wildman–Crippen MR) is 101 cm³/mol. The van der Waals surface area contributed by atoms with Crippen LogP contribution in [0.25, 0.3) is 0 Å². The fourth-order valence-corrected chi connectivity index (χ4v) is 3.55. The first kappa shape index (κ1) is 19.8. The van der Waals surface area contributed by atoms with Gasteiger partial charge in [-0.1, -0.05) is 13.0 Å². The maximum Gasteiger partial charge on any atom is 0.188 e. The Kier molecular flexibility index (Phi) is 6.79. The second-order valence-corrected chi connectivity index (χ2v) is 7.03. The molecule has 0 aliphatic heterocycles. The maximum atomic E-state index is 13.3. The fraction of sp³-hybridized carbons (Fsp3) is 0.600. The van der Waals surface area contributed by atoms with Gasteiger partial charge in [-0.2, -0.15) is 5.10 Å². The Morgan fingerprint density at radius 2 is 2.15 bits per heavy atom. The number of ether oxygens (including phenoxy) is 2. The first-order chi connectivity index (χ1) is 13.1. The minimum atomic E-state index is -0.322. The summed E-state index contributed by atoms with van der Waals surface area (Å²) in [6.45, 7) is 5.84. The largest absolute Gasteiger partial charge is 0.485 e. The van der Waals surface area contributed by atoms with Crippen molar-refractivity contribution in [1.29, 1.82) is 0 Å². The number of hydrogen-bond donors (Lipinski definition) is 1. The van der Waals surface area contributed by atoms with Crippen LogP contribution in [0, 0.1) is 5.82 Å². The van der Waals surface area contributed by atoms with Crippen molar-refractivity contribution in [3.05, 3.63) is 41.7 Å². The molecule has 0 spiro atoms.